The predicted molar refractivity (Wildman–Crippen MR) is 125 cm³/mol. The zero-order valence-corrected chi connectivity index (χ0v) is 18.7. The van der Waals surface area contributed by atoms with Crippen LogP contribution < -0.4 is 9.80 Å². The van der Waals surface area contributed by atoms with Crippen molar-refractivity contribution in [3.8, 4) is 11.5 Å². The molecule has 0 bridgehead atoms. The van der Waals surface area contributed by atoms with E-state index in [-0.39, 0.29) is 12.6 Å². The quantitative estimate of drug-likeness (QED) is 0.580. The van der Waals surface area contributed by atoms with E-state index in [1.54, 1.807) is 12.1 Å². The van der Waals surface area contributed by atoms with Gasteiger partial charge in [0.05, 0.1) is 12.6 Å². The molecular weight excluding hydrogens is 392 g/mol. The smallest absolute Gasteiger partial charge is 0.126 e. The normalized spacial score (nSPS) is 20.6. The maximum atomic E-state index is 9.82. The van der Waals surface area contributed by atoms with Crippen LogP contribution in [0.15, 0.2) is 36.4 Å². The molecule has 0 aliphatic carbocycles. The van der Waals surface area contributed by atoms with Crippen molar-refractivity contribution in [2.75, 3.05) is 29.5 Å². The Hall–Kier alpha value is -2.44. The van der Waals surface area contributed by atoms with Gasteiger partial charge in [-0.3, -0.25) is 0 Å². The van der Waals surface area contributed by atoms with E-state index in [1.807, 2.05) is 43.0 Å². The van der Waals surface area contributed by atoms with Crippen molar-refractivity contribution in [1.29, 1.82) is 0 Å². The van der Waals surface area contributed by atoms with Crippen molar-refractivity contribution in [1.82, 2.24) is 0 Å². The van der Waals surface area contributed by atoms with E-state index in [9.17, 15) is 20.4 Å². The standard InChI is InChI=1S/C13H19NO2.C12H17NO2/c1-2-11-12(6-3-7-13(11)16)14-8-4-5-10(14)9-15;1-2-9-10(5-3-6-11(9)14)13-8-4-7-12(13)15/h3,6-7,10,15-16H,2,4-5,8-9H2,1H3;3,5-6,12,14-15H,2,4,7-8H2,1H3. The monoisotopic (exact) mass is 428 g/mol. The lowest BCUT2D eigenvalue weighted by Crippen LogP contribution is -2.32. The summed E-state index contributed by atoms with van der Waals surface area (Å²) in [5.41, 5.74) is 3.97. The molecule has 0 amide bonds. The minimum Gasteiger partial charge on any atom is -0.508 e. The lowest BCUT2D eigenvalue weighted by Gasteiger charge is -2.27. The maximum absolute atomic E-state index is 9.82. The molecule has 4 rings (SSSR count). The average Bonchev–Trinajstić information content (AvgIpc) is 3.42. The van der Waals surface area contributed by atoms with Crippen LogP contribution >= 0.6 is 0 Å². The molecule has 2 aromatic rings. The summed E-state index contributed by atoms with van der Waals surface area (Å²) in [6.07, 6.45) is 5.19. The first-order chi connectivity index (χ1) is 15.0. The van der Waals surface area contributed by atoms with E-state index in [0.29, 0.717) is 11.5 Å². The number of hydrogen-bond donors (Lipinski definition) is 4. The van der Waals surface area contributed by atoms with Crippen LogP contribution in [0.3, 0.4) is 0 Å². The van der Waals surface area contributed by atoms with Gasteiger partial charge in [0.1, 0.15) is 17.7 Å². The van der Waals surface area contributed by atoms with Gasteiger partial charge in [-0.05, 0) is 62.8 Å². The van der Waals surface area contributed by atoms with Crippen LogP contribution in [0.1, 0.15) is 50.7 Å². The molecule has 2 unspecified atom stereocenters. The molecule has 170 valence electrons. The molecule has 6 heteroatoms. The summed E-state index contributed by atoms with van der Waals surface area (Å²) in [5.74, 6) is 0.692. The zero-order chi connectivity index (χ0) is 22.4. The number of aromatic hydroxyl groups is 2. The van der Waals surface area contributed by atoms with Crippen molar-refractivity contribution >= 4 is 11.4 Å². The number of hydrogen-bond acceptors (Lipinski definition) is 6. The average molecular weight is 429 g/mol. The number of phenols is 2. The summed E-state index contributed by atoms with van der Waals surface area (Å²) in [6.45, 7) is 6.10. The molecule has 0 aromatic heterocycles. The first-order valence-corrected chi connectivity index (χ1v) is 11.5. The number of benzene rings is 2. The highest BCUT2D eigenvalue weighted by atomic mass is 16.3. The summed E-state index contributed by atoms with van der Waals surface area (Å²) in [6, 6.07) is 11.3. The van der Waals surface area contributed by atoms with E-state index in [0.717, 1.165) is 74.1 Å². The molecular formula is C25H36N2O4. The minimum absolute atomic E-state index is 0.193. The Kier molecular flexibility index (Phi) is 8.04. The Morgan fingerprint density at radius 2 is 1.32 bits per heavy atom. The molecule has 0 saturated carbocycles. The van der Waals surface area contributed by atoms with Crippen molar-refractivity contribution in [3.05, 3.63) is 47.5 Å². The van der Waals surface area contributed by atoms with Gasteiger partial charge in [-0.15, -0.1) is 0 Å². The van der Waals surface area contributed by atoms with Gasteiger partial charge in [0.15, 0.2) is 0 Å². The number of rotatable bonds is 5. The van der Waals surface area contributed by atoms with Crippen LogP contribution in [0.5, 0.6) is 11.5 Å². The summed E-state index contributed by atoms with van der Waals surface area (Å²) in [7, 11) is 0. The van der Waals surface area contributed by atoms with Gasteiger partial charge in [0.2, 0.25) is 0 Å². The molecule has 2 heterocycles. The fourth-order valence-electron chi connectivity index (χ4n) is 4.76. The van der Waals surface area contributed by atoms with Crippen LogP contribution in [-0.2, 0) is 12.8 Å². The molecule has 0 spiro atoms. The van der Waals surface area contributed by atoms with Crippen molar-refractivity contribution in [2.45, 2.75) is 64.6 Å². The third-order valence-corrected chi connectivity index (χ3v) is 6.39. The summed E-state index contributed by atoms with van der Waals surface area (Å²) < 4.78 is 0. The fraction of sp³-hybridized carbons (Fsp3) is 0.520. The second-order valence-electron chi connectivity index (χ2n) is 8.25. The van der Waals surface area contributed by atoms with Crippen LogP contribution in [0.2, 0.25) is 0 Å². The van der Waals surface area contributed by atoms with E-state index in [4.69, 9.17) is 0 Å². The summed E-state index contributed by atoms with van der Waals surface area (Å²) in [4.78, 5) is 4.19. The maximum Gasteiger partial charge on any atom is 0.126 e. The fourth-order valence-corrected chi connectivity index (χ4v) is 4.76. The highest BCUT2D eigenvalue weighted by Crippen LogP contribution is 2.34. The first kappa shape index (κ1) is 23.2. The number of phenolic OH excluding ortho intramolecular Hbond substituents is 2. The molecule has 0 radical (unpaired) electrons. The molecule has 31 heavy (non-hydrogen) atoms. The lowest BCUT2D eigenvalue weighted by atomic mass is 10.1. The van der Waals surface area contributed by atoms with Gasteiger partial charge >= 0.3 is 0 Å². The summed E-state index contributed by atoms with van der Waals surface area (Å²) >= 11 is 0. The Balaban J connectivity index is 0.000000176. The first-order valence-electron chi connectivity index (χ1n) is 11.5. The van der Waals surface area contributed by atoms with Crippen molar-refractivity contribution < 1.29 is 20.4 Å². The second kappa shape index (κ2) is 10.7. The lowest BCUT2D eigenvalue weighted by molar-refractivity contribution is 0.185. The Morgan fingerprint density at radius 1 is 0.806 bits per heavy atom. The topological polar surface area (TPSA) is 87.4 Å². The predicted octanol–water partition coefficient (Wildman–Crippen LogP) is 3.79. The highest BCUT2D eigenvalue weighted by molar-refractivity contribution is 5.61. The molecule has 4 N–H and O–H groups in total. The van der Waals surface area contributed by atoms with Crippen molar-refractivity contribution in [3.63, 3.8) is 0 Å². The van der Waals surface area contributed by atoms with Crippen LogP contribution in [0, 0.1) is 0 Å². The Morgan fingerprint density at radius 3 is 1.81 bits per heavy atom. The van der Waals surface area contributed by atoms with Crippen LogP contribution in [-0.4, -0.2) is 52.4 Å². The Labute approximate surface area is 185 Å². The van der Waals surface area contributed by atoms with Crippen LogP contribution in [0.4, 0.5) is 11.4 Å². The van der Waals surface area contributed by atoms with Gasteiger partial charge in [-0.1, -0.05) is 26.0 Å². The largest absolute Gasteiger partial charge is 0.508 e. The second-order valence-corrected chi connectivity index (χ2v) is 8.25. The molecule has 2 fully saturated rings. The van der Waals surface area contributed by atoms with Gasteiger partial charge in [-0.25, -0.2) is 0 Å². The molecule has 6 nitrogen and oxygen atoms in total. The third kappa shape index (κ3) is 5.08. The molecule has 2 aliphatic rings. The number of aliphatic hydroxyl groups excluding tert-OH is 2. The molecule has 2 atom stereocenters. The van der Waals surface area contributed by atoms with E-state index in [1.165, 1.54) is 0 Å². The van der Waals surface area contributed by atoms with Gasteiger partial charge < -0.3 is 30.2 Å². The van der Waals surface area contributed by atoms with E-state index >= 15 is 0 Å². The van der Waals surface area contributed by atoms with E-state index < -0.39 is 6.23 Å². The van der Waals surface area contributed by atoms with E-state index in [2.05, 4.69) is 4.90 Å². The number of anilines is 2. The molecule has 2 aliphatic heterocycles. The molecule has 2 aromatic carbocycles. The number of nitrogens with zero attached hydrogens (tertiary/aromatic N) is 2. The highest BCUT2D eigenvalue weighted by Gasteiger charge is 2.26. The van der Waals surface area contributed by atoms with Gasteiger partial charge in [0, 0.05) is 35.6 Å². The molecule has 2 saturated heterocycles. The number of aliphatic hydroxyl groups is 2. The third-order valence-electron chi connectivity index (χ3n) is 6.39. The van der Waals surface area contributed by atoms with Gasteiger partial charge in [0.25, 0.3) is 0 Å². The SMILES string of the molecule is CCc1c(O)cccc1N1CCCC1CO.CCc1c(O)cccc1N1CCCC1O. The Bertz CT molecular complexity index is 857. The van der Waals surface area contributed by atoms with Crippen LogP contribution in [0.25, 0.3) is 0 Å². The van der Waals surface area contributed by atoms with Gasteiger partial charge in [-0.2, -0.15) is 0 Å². The zero-order valence-electron chi connectivity index (χ0n) is 18.7. The summed E-state index contributed by atoms with van der Waals surface area (Å²) in [5, 5.41) is 38.7. The minimum atomic E-state index is -0.392. The van der Waals surface area contributed by atoms with Crippen molar-refractivity contribution in [2.24, 2.45) is 0 Å².